The molecule has 0 saturated carbocycles. The average Bonchev–Trinajstić information content (AvgIpc) is 3.00. The molecule has 0 fully saturated rings. The number of amides is 3. The number of hydrogen-bond donors (Lipinski definition) is 1. The number of hydrogen-bond acceptors (Lipinski definition) is 6. The maximum atomic E-state index is 14.0. The molecule has 4 rings (SSSR count). The Morgan fingerprint density at radius 1 is 0.857 bits per heavy atom. The smallest absolute Gasteiger partial charge is 0.290 e. The van der Waals surface area contributed by atoms with Gasteiger partial charge in [-0.3, -0.25) is 19.4 Å². The third kappa shape index (κ3) is 6.66. The monoisotopic (exact) mass is 586 g/mol. The molecule has 1 atom stereocenters. The van der Waals surface area contributed by atoms with Gasteiger partial charge in [-0.15, -0.1) is 0 Å². The molecule has 0 spiro atoms. The van der Waals surface area contributed by atoms with Crippen molar-refractivity contribution in [2.45, 2.75) is 38.0 Å². The van der Waals surface area contributed by atoms with Crippen LogP contribution in [0.2, 0.25) is 0 Å². The second-order valence-electron chi connectivity index (χ2n) is 9.82. The van der Waals surface area contributed by atoms with Crippen molar-refractivity contribution in [1.82, 2.24) is 9.88 Å². The fourth-order valence-corrected chi connectivity index (χ4v) is 6.28. The van der Waals surface area contributed by atoms with E-state index in [1.54, 1.807) is 53.4 Å². The lowest BCUT2D eigenvalue weighted by molar-refractivity contribution is -0.141. The van der Waals surface area contributed by atoms with Crippen LogP contribution in [-0.4, -0.2) is 49.1 Å². The number of pyridine rings is 1. The highest BCUT2D eigenvalue weighted by Gasteiger charge is 2.33. The summed E-state index contributed by atoms with van der Waals surface area (Å²) in [5.74, 6) is -2.60. The number of nitrogens with zero attached hydrogens (tertiary/aromatic N) is 3. The molecule has 10 heteroatoms. The van der Waals surface area contributed by atoms with Crippen molar-refractivity contribution < 1.29 is 22.8 Å². The lowest BCUT2D eigenvalue weighted by Gasteiger charge is -2.23. The molecule has 3 aromatic carbocycles. The number of sulfonamides is 1. The van der Waals surface area contributed by atoms with Gasteiger partial charge in [-0.1, -0.05) is 48.5 Å². The number of primary amides is 1. The fraction of sp³-hybridized carbons (Fsp3) is 0.250. The van der Waals surface area contributed by atoms with Gasteiger partial charge in [-0.25, -0.2) is 8.42 Å². The first-order valence-corrected chi connectivity index (χ1v) is 15.3. The molecule has 2 N–H and O–H groups in total. The number of anilines is 1. The van der Waals surface area contributed by atoms with Gasteiger partial charge in [0.05, 0.1) is 10.6 Å². The summed E-state index contributed by atoms with van der Waals surface area (Å²) in [6.07, 6.45) is 2.78. The van der Waals surface area contributed by atoms with Gasteiger partial charge in [0.25, 0.3) is 15.9 Å². The highest BCUT2D eigenvalue weighted by molar-refractivity contribution is 7.93. The second kappa shape index (κ2) is 13.4. The molecule has 0 aliphatic carbocycles. The Morgan fingerprint density at radius 3 is 2.14 bits per heavy atom. The standard InChI is InChI=1S/C32H34N4O5S/c1-3-35(4-2)31(38)28(30(33)37)13-9-10-23-15-18-26(19-16-23)36(32(39)29-14-7-8-21-34-29)42(40,41)27-20-17-24-11-5-6-12-25(24)22-27/h5-8,11-12,14-22,28H,3-4,9-10,13H2,1-2H3,(H2,33,37). The lowest BCUT2D eigenvalue weighted by Crippen LogP contribution is -2.41. The predicted octanol–water partition coefficient (Wildman–Crippen LogP) is 4.56. The normalized spacial score (nSPS) is 12.0. The molecule has 1 aromatic heterocycles. The summed E-state index contributed by atoms with van der Waals surface area (Å²) in [6.45, 7) is 4.69. The summed E-state index contributed by atoms with van der Waals surface area (Å²) in [5, 5.41) is 1.61. The van der Waals surface area contributed by atoms with Crippen LogP contribution in [0, 0.1) is 5.92 Å². The van der Waals surface area contributed by atoms with Gasteiger partial charge >= 0.3 is 0 Å². The van der Waals surface area contributed by atoms with Crippen molar-refractivity contribution in [3.63, 3.8) is 0 Å². The van der Waals surface area contributed by atoms with E-state index < -0.39 is 27.8 Å². The van der Waals surface area contributed by atoms with Crippen LogP contribution in [0.5, 0.6) is 0 Å². The highest BCUT2D eigenvalue weighted by atomic mass is 32.2. The van der Waals surface area contributed by atoms with Crippen LogP contribution in [-0.2, 0) is 26.0 Å². The van der Waals surface area contributed by atoms with Gasteiger partial charge in [0, 0.05) is 19.3 Å². The molecule has 9 nitrogen and oxygen atoms in total. The molecular weight excluding hydrogens is 552 g/mol. The molecular formula is C32H34N4O5S. The first kappa shape index (κ1) is 30.4. The Kier molecular flexibility index (Phi) is 9.69. The first-order chi connectivity index (χ1) is 20.2. The largest absolute Gasteiger partial charge is 0.369 e. The summed E-state index contributed by atoms with van der Waals surface area (Å²) in [6, 6.07) is 23.5. The van der Waals surface area contributed by atoms with Crippen molar-refractivity contribution in [3.05, 3.63) is 102 Å². The fourth-order valence-electron chi connectivity index (χ4n) is 4.84. The van der Waals surface area contributed by atoms with Crippen molar-refractivity contribution in [1.29, 1.82) is 0 Å². The van der Waals surface area contributed by atoms with E-state index in [1.165, 1.54) is 18.3 Å². The van der Waals surface area contributed by atoms with E-state index in [4.69, 9.17) is 5.73 Å². The van der Waals surface area contributed by atoms with E-state index in [0.717, 1.165) is 20.6 Å². The minimum absolute atomic E-state index is 0.0127. The summed E-state index contributed by atoms with van der Waals surface area (Å²) < 4.78 is 28.7. The molecule has 0 radical (unpaired) electrons. The minimum Gasteiger partial charge on any atom is -0.369 e. The quantitative estimate of drug-likeness (QED) is 0.242. The first-order valence-electron chi connectivity index (χ1n) is 13.8. The van der Waals surface area contributed by atoms with Crippen molar-refractivity contribution in [3.8, 4) is 0 Å². The molecule has 0 saturated heterocycles. The molecule has 1 unspecified atom stereocenters. The lowest BCUT2D eigenvalue weighted by atomic mass is 9.97. The predicted molar refractivity (Wildman–Crippen MR) is 162 cm³/mol. The van der Waals surface area contributed by atoms with E-state index in [-0.39, 0.29) is 22.2 Å². The van der Waals surface area contributed by atoms with Gasteiger partial charge in [0.2, 0.25) is 11.8 Å². The molecule has 218 valence electrons. The zero-order chi connectivity index (χ0) is 30.3. The van der Waals surface area contributed by atoms with Gasteiger partial charge in [-0.2, -0.15) is 4.31 Å². The van der Waals surface area contributed by atoms with Crippen LogP contribution < -0.4 is 10.0 Å². The summed E-state index contributed by atoms with van der Waals surface area (Å²) in [5.41, 5.74) is 6.53. The van der Waals surface area contributed by atoms with E-state index in [0.29, 0.717) is 32.4 Å². The number of carbonyl (C=O) groups excluding carboxylic acids is 3. The Hall–Kier alpha value is -4.57. The number of rotatable bonds is 12. The van der Waals surface area contributed by atoms with E-state index in [2.05, 4.69) is 4.98 Å². The second-order valence-corrected chi connectivity index (χ2v) is 11.6. The van der Waals surface area contributed by atoms with E-state index >= 15 is 0 Å². The number of fused-ring (bicyclic) bond motifs is 1. The van der Waals surface area contributed by atoms with Crippen LogP contribution in [0.3, 0.4) is 0 Å². The van der Waals surface area contributed by atoms with Crippen LogP contribution in [0.1, 0.15) is 42.7 Å². The van der Waals surface area contributed by atoms with Crippen LogP contribution in [0.15, 0.2) is 96.0 Å². The van der Waals surface area contributed by atoms with Gasteiger partial charge < -0.3 is 10.6 Å². The third-order valence-electron chi connectivity index (χ3n) is 7.17. The summed E-state index contributed by atoms with van der Waals surface area (Å²) >= 11 is 0. The molecule has 0 aliphatic rings. The molecule has 4 aromatic rings. The number of nitrogens with two attached hydrogens (primary N) is 1. The minimum atomic E-state index is -4.32. The van der Waals surface area contributed by atoms with Crippen LogP contribution in [0.4, 0.5) is 5.69 Å². The molecule has 0 bridgehead atoms. The van der Waals surface area contributed by atoms with Crippen molar-refractivity contribution in [2.75, 3.05) is 17.4 Å². The third-order valence-corrected chi connectivity index (χ3v) is 8.88. The van der Waals surface area contributed by atoms with Gasteiger partial charge in [0.1, 0.15) is 11.6 Å². The summed E-state index contributed by atoms with van der Waals surface area (Å²) in [4.78, 5) is 43.9. The average molecular weight is 587 g/mol. The number of carbonyl (C=O) groups is 3. The Morgan fingerprint density at radius 2 is 1.52 bits per heavy atom. The zero-order valence-electron chi connectivity index (χ0n) is 23.6. The molecule has 3 amide bonds. The van der Waals surface area contributed by atoms with Gasteiger partial charge in [0.15, 0.2) is 0 Å². The maximum Gasteiger partial charge on any atom is 0.290 e. The van der Waals surface area contributed by atoms with Crippen LogP contribution in [0.25, 0.3) is 10.8 Å². The molecule has 1 heterocycles. The molecule has 0 aliphatic heterocycles. The number of aryl methyl sites for hydroxylation is 1. The number of benzene rings is 3. The van der Waals surface area contributed by atoms with E-state index in [9.17, 15) is 22.8 Å². The van der Waals surface area contributed by atoms with Crippen molar-refractivity contribution >= 4 is 44.2 Å². The Labute approximate surface area is 246 Å². The zero-order valence-corrected chi connectivity index (χ0v) is 24.5. The topological polar surface area (TPSA) is 131 Å². The van der Waals surface area contributed by atoms with Crippen LogP contribution >= 0.6 is 0 Å². The van der Waals surface area contributed by atoms with Gasteiger partial charge in [-0.05, 0) is 85.8 Å². The Bertz CT molecular complexity index is 1670. The Balaban J connectivity index is 1.60. The highest BCUT2D eigenvalue weighted by Crippen LogP contribution is 2.28. The molecule has 42 heavy (non-hydrogen) atoms. The van der Waals surface area contributed by atoms with E-state index in [1.807, 2.05) is 38.1 Å². The summed E-state index contributed by atoms with van der Waals surface area (Å²) in [7, 11) is -4.32. The van der Waals surface area contributed by atoms with Crippen molar-refractivity contribution in [2.24, 2.45) is 11.7 Å². The SMILES string of the molecule is CCN(CC)C(=O)C(CCCc1ccc(N(C(=O)c2ccccn2)S(=O)(=O)c2ccc3ccccc3c2)cc1)C(N)=O. The number of aromatic nitrogens is 1. The maximum absolute atomic E-state index is 14.0.